The summed E-state index contributed by atoms with van der Waals surface area (Å²) >= 11 is 5.77. The molecule has 1 heterocycles. The highest BCUT2D eigenvalue weighted by Crippen LogP contribution is 2.36. The van der Waals surface area contributed by atoms with Gasteiger partial charge in [-0.2, -0.15) is 0 Å². The number of nitrogens with two attached hydrogens (primary N) is 1. The molecule has 0 amide bonds. The number of hydrogen-bond acceptors (Lipinski definition) is 5. The molecule has 116 valence electrons. The number of carbonyl (C=O) groups is 1. The molecule has 9 heteroatoms. The molecule has 0 radical (unpaired) electrons. The van der Waals surface area contributed by atoms with E-state index in [9.17, 15) is 13.6 Å². The van der Waals surface area contributed by atoms with Crippen molar-refractivity contribution in [3.8, 4) is 22.9 Å². The Labute approximate surface area is 128 Å². The fraction of sp³-hybridized carbons (Fsp3) is 0.0769. The number of nitrogen functional groups attached to an aromatic ring is 1. The number of methoxy groups -OCH3 is 1. The average Bonchev–Trinajstić information content (AvgIpc) is 2.44. The zero-order valence-electron chi connectivity index (χ0n) is 11.1. The summed E-state index contributed by atoms with van der Waals surface area (Å²) in [7, 11) is 1.11. The Hall–Kier alpha value is -2.61. The van der Waals surface area contributed by atoms with E-state index in [0.717, 1.165) is 19.2 Å². The number of benzene rings is 1. The second-order valence-corrected chi connectivity index (χ2v) is 4.40. The number of pyridine rings is 1. The van der Waals surface area contributed by atoms with Gasteiger partial charge in [-0.3, -0.25) is 0 Å². The Morgan fingerprint density at radius 1 is 1.41 bits per heavy atom. The van der Waals surface area contributed by atoms with Crippen molar-refractivity contribution in [3.05, 3.63) is 34.9 Å². The van der Waals surface area contributed by atoms with Crippen molar-refractivity contribution in [3.63, 3.8) is 0 Å². The minimum atomic E-state index is -1.66. The summed E-state index contributed by atoms with van der Waals surface area (Å²) in [4.78, 5) is 14.4. The molecule has 6 nitrogen and oxygen atoms in total. The minimum Gasteiger partial charge on any atom is -0.491 e. The Morgan fingerprint density at radius 2 is 2.09 bits per heavy atom. The molecule has 1 aromatic carbocycles. The third-order valence-corrected chi connectivity index (χ3v) is 3.05. The molecule has 0 aliphatic carbocycles. The molecular weight excluding hydrogens is 322 g/mol. The van der Waals surface area contributed by atoms with Gasteiger partial charge in [-0.1, -0.05) is 11.6 Å². The molecule has 0 spiro atoms. The molecule has 0 unspecified atom stereocenters. The number of halogens is 3. The van der Waals surface area contributed by atoms with Crippen molar-refractivity contribution in [2.45, 2.75) is 0 Å². The molecule has 0 atom stereocenters. The predicted octanol–water partition coefficient (Wildman–Crippen LogP) is 3.33. The number of aromatic nitrogens is 1. The third-order valence-electron chi connectivity index (χ3n) is 2.67. The topological polar surface area (TPSA) is 94.7 Å². The summed E-state index contributed by atoms with van der Waals surface area (Å²) in [6, 6.07) is 3.28. The maximum Gasteiger partial charge on any atom is 0.512 e. The molecule has 0 saturated heterocycles. The maximum atomic E-state index is 14.2. The Morgan fingerprint density at radius 3 is 2.68 bits per heavy atom. The van der Waals surface area contributed by atoms with Gasteiger partial charge in [0.2, 0.25) is 5.88 Å². The van der Waals surface area contributed by atoms with E-state index < -0.39 is 29.4 Å². The van der Waals surface area contributed by atoms with E-state index in [1.165, 1.54) is 6.07 Å². The first-order chi connectivity index (χ1) is 10.3. The molecule has 0 saturated carbocycles. The highest BCUT2D eigenvalue weighted by atomic mass is 35.5. The normalized spacial score (nSPS) is 10.4. The van der Waals surface area contributed by atoms with Gasteiger partial charge in [0.15, 0.2) is 17.4 Å². The van der Waals surface area contributed by atoms with Crippen LogP contribution in [0.1, 0.15) is 0 Å². The second kappa shape index (κ2) is 6.02. The number of anilines is 1. The first-order valence-corrected chi connectivity index (χ1v) is 6.12. The average molecular weight is 331 g/mol. The first-order valence-electron chi connectivity index (χ1n) is 5.74. The first kappa shape index (κ1) is 15.8. The van der Waals surface area contributed by atoms with Crippen molar-refractivity contribution >= 4 is 23.4 Å². The summed E-state index contributed by atoms with van der Waals surface area (Å²) in [6.45, 7) is 0. The summed E-state index contributed by atoms with van der Waals surface area (Å²) in [6.07, 6.45) is -1.66. The van der Waals surface area contributed by atoms with E-state index in [-0.39, 0.29) is 22.0 Å². The Balaban J connectivity index is 2.63. The number of hydrogen-bond donors (Lipinski definition) is 2. The maximum absolute atomic E-state index is 14.2. The van der Waals surface area contributed by atoms with Gasteiger partial charge in [0.05, 0.1) is 18.5 Å². The van der Waals surface area contributed by atoms with Crippen LogP contribution in [-0.2, 0) is 0 Å². The molecular formula is C13H9ClF2N2O4. The molecule has 0 aliphatic rings. The standard InChI is InChI=1S/C13H9ClF2N2O4/c1-21-11-6(15)3-2-5(10(11)16)8-4-7(17)9(14)12(18-8)22-13(19)20/h2-4H,1H3,(H2,17,18)(H,19,20). The lowest BCUT2D eigenvalue weighted by Crippen LogP contribution is -2.07. The highest BCUT2D eigenvalue weighted by Gasteiger charge is 2.20. The van der Waals surface area contributed by atoms with Crippen LogP contribution in [-0.4, -0.2) is 23.4 Å². The van der Waals surface area contributed by atoms with Crippen molar-refractivity contribution in [2.24, 2.45) is 0 Å². The number of nitrogens with zero attached hydrogens (tertiary/aromatic N) is 1. The van der Waals surface area contributed by atoms with Crippen LogP contribution in [0.5, 0.6) is 11.6 Å². The fourth-order valence-corrected chi connectivity index (χ4v) is 1.87. The SMILES string of the molecule is COc1c(F)ccc(-c2cc(N)c(Cl)c(OC(=O)O)n2)c1F. The molecule has 0 bridgehead atoms. The van der Waals surface area contributed by atoms with Gasteiger partial charge in [-0.05, 0) is 18.2 Å². The number of carboxylic acid groups (broad SMARTS) is 1. The predicted molar refractivity (Wildman–Crippen MR) is 74.2 cm³/mol. The Kier molecular flexibility index (Phi) is 4.32. The summed E-state index contributed by atoms with van der Waals surface area (Å²) < 4.78 is 36.6. The molecule has 0 aliphatic heterocycles. The minimum absolute atomic E-state index is 0.0781. The van der Waals surface area contributed by atoms with Crippen LogP contribution in [0.25, 0.3) is 11.3 Å². The van der Waals surface area contributed by atoms with Gasteiger partial charge in [0.25, 0.3) is 0 Å². The molecule has 0 fully saturated rings. The molecule has 2 aromatic rings. The van der Waals surface area contributed by atoms with Gasteiger partial charge in [0.1, 0.15) is 5.02 Å². The summed E-state index contributed by atoms with van der Waals surface area (Å²) in [5.74, 6) is -3.02. The zero-order valence-corrected chi connectivity index (χ0v) is 11.8. The van der Waals surface area contributed by atoms with Crippen LogP contribution in [0.3, 0.4) is 0 Å². The van der Waals surface area contributed by atoms with E-state index >= 15 is 0 Å². The molecule has 3 N–H and O–H groups in total. The monoisotopic (exact) mass is 330 g/mol. The quantitative estimate of drug-likeness (QED) is 0.838. The van der Waals surface area contributed by atoms with Crippen LogP contribution in [0.15, 0.2) is 18.2 Å². The Bertz CT molecular complexity index is 755. The molecule has 1 aromatic heterocycles. The van der Waals surface area contributed by atoms with E-state index in [2.05, 4.69) is 14.5 Å². The van der Waals surface area contributed by atoms with Gasteiger partial charge >= 0.3 is 6.16 Å². The van der Waals surface area contributed by atoms with Crippen LogP contribution in [0.4, 0.5) is 19.3 Å². The van der Waals surface area contributed by atoms with Crippen LogP contribution >= 0.6 is 11.6 Å². The smallest absolute Gasteiger partial charge is 0.491 e. The highest BCUT2D eigenvalue weighted by molar-refractivity contribution is 6.34. The second-order valence-electron chi connectivity index (χ2n) is 4.03. The van der Waals surface area contributed by atoms with Gasteiger partial charge in [-0.25, -0.2) is 18.6 Å². The zero-order chi connectivity index (χ0) is 16.4. The lowest BCUT2D eigenvalue weighted by molar-refractivity contribution is 0.142. The van der Waals surface area contributed by atoms with Crippen molar-refractivity contribution in [1.82, 2.24) is 4.98 Å². The van der Waals surface area contributed by atoms with Gasteiger partial charge < -0.3 is 20.3 Å². The van der Waals surface area contributed by atoms with Crippen LogP contribution < -0.4 is 15.2 Å². The number of rotatable bonds is 3. The third kappa shape index (κ3) is 2.86. The fourth-order valence-electron chi connectivity index (χ4n) is 1.73. The van der Waals surface area contributed by atoms with Crippen LogP contribution in [0, 0.1) is 11.6 Å². The van der Waals surface area contributed by atoms with Crippen molar-refractivity contribution in [2.75, 3.05) is 12.8 Å². The van der Waals surface area contributed by atoms with Crippen molar-refractivity contribution < 1.29 is 28.2 Å². The van der Waals surface area contributed by atoms with Gasteiger partial charge in [0, 0.05) is 5.56 Å². The van der Waals surface area contributed by atoms with Crippen molar-refractivity contribution in [1.29, 1.82) is 0 Å². The van der Waals surface area contributed by atoms with Gasteiger partial charge in [-0.15, -0.1) is 0 Å². The van der Waals surface area contributed by atoms with E-state index in [4.69, 9.17) is 22.4 Å². The molecule has 22 heavy (non-hydrogen) atoms. The van der Waals surface area contributed by atoms with E-state index in [0.29, 0.717) is 0 Å². The van der Waals surface area contributed by atoms with Crippen LogP contribution in [0.2, 0.25) is 5.02 Å². The lowest BCUT2D eigenvalue weighted by Gasteiger charge is -2.11. The summed E-state index contributed by atoms with van der Waals surface area (Å²) in [5.41, 5.74) is 5.29. The largest absolute Gasteiger partial charge is 0.512 e. The lowest BCUT2D eigenvalue weighted by atomic mass is 10.1. The molecule has 2 rings (SSSR count). The number of ether oxygens (including phenoxy) is 2. The summed E-state index contributed by atoms with van der Waals surface area (Å²) in [5, 5.41) is 8.38. The van der Waals surface area contributed by atoms with E-state index in [1.54, 1.807) is 0 Å². The van der Waals surface area contributed by atoms with E-state index in [1.807, 2.05) is 0 Å².